The van der Waals surface area contributed by atoms with E-state index in [-0.39, 0.29) is 5.92 Å². The second-order valence-electron chi connectivity index (χ2n) is 3.45. The summed E-state index contributed by atoms with van der Waals surface area (Å²) in [4.78, 5) is 21.6. The maximum absolute atomic E-state index is 11.9. The number of hydrogen-bond acceptors (Lipinski definition) is 2. The molecule has 0 aromatic heterocycles. The third kappa shape index (κ3) is 4.31. The Balaban J connectivity index is 4.57. The Hall–Kier alpha value is -1.07. The van der Waals surface area contributed by atoms with Crippen LogP contribution in [-0.4, -0.2) is 23.9 Å². The first kappa shape index (κ1) is 13.9. The zero-order valence-electron chi connectivity index (χ0n) is 8.81. The molecular formula is C9H14F3NO2. The van der Waals surface area contributed by atoms with E-state index in [1.807, 2.05) is 0 Å². The van der Waals surface area contributed by atoms with E-state index >= 15 is 0 Å². The van der Waals surface area contributed by atoms with Crippen molar-refractivity contribution in [1.82, 2.24) is 5.32 Å². The van der Waals surface area contributed by atoms with Gasteiger partial charge in [-0.25, -0.2) is 0 Å². The molecule has 0 rings (SSSR count). The van der Waals surface area contributed by atoms with Crippen LogP contribution in [0.25, 0.3) is 0 Å². The van der Waals surface area contributed by atoms with Gasteiger partial charge in [-0.3, -0.25) is 9.59 Å². The van der Waals surface area contributed by atoms with E-state index in [1.165, 1.54) is 0 Å². The monoisotopic (exact) mass is 225 g/mol. The van der Waals surface area contributed by atoms with E-state index in [2.05, 4.69) is 0 Å². The molecule has 0 saturated carbocycles. The number of alkyl halides is 3. The van der Waals surface area contributed by atoms with Crippen molar-refractivity contribution in [3.05, 3.63) is 0 Å². The molecule has 88 valence electrons. The molecule has 0 aromatic carbocycles. The van der Waals surface area contributed by atoms with Gasteiger partial charge < -0.3 is 5.32 Å². The van der Waals surface area contributed by atoms with E-state index < -0.39 is 23.9 Å². The second kappa shape index (κ2) is 5.14. The molecule has 0 aliphatic carbocycles. The van der Waals surface area contributed by atoms with Crippen LogP contribution in [0.3, 0.4) is 0 Å². The summed E-state index contributed by atoms with van der Waals surface area (Å²) < 4.78 is 35.8. The summed E-state index contributed by atoms with van der Waals surface area (Å²) in [5, 5.41) is 1.69. The number of Topliss-reactive ketones (excluding diaryl/α,β-unsaturated/α-hetero) is 1. The summed E-state index contributed by atoms with van der Waals surface area (Å²) in [5.41, 5.74) is 0. The molecule has 2 atom stereocenters. The van der Waals surface area contributed by atoms with Crippen LogP contribution in [0.5, 0.6) is 0 Å². The van der Waals surface area contributed by atoms with Gasteiger partial charge >= 0.3 is 12.1 Å². The number of halogens is 3. The molecule has 0 aliphatic heterocycles. The Bertz CT molecular complexity index is 250. The van der Waals surface area contributed by atoms with Crippen molar-refractivity contribution < 1.29 is 22.8 Å². The summed E-state index contributed by atoms with van der Waals surface area (Å²) in [6, 6.07) is -1.07. The fourth-order valence-electron chi connectivity index (χ4n) is 1.10. The highest BCUT2D eigenvalue weighted by molar-refractivity contribution is 5.89. The first-order chi connectivity index (χ1) is 6.70. The summed E-state index contributed by atoms with van der Waals surface area (Å²) in [6.45, 7) is 4.51. The fraction of sp³-hybridized carbons (Fsp3) is 0.778. The molecular weight excluding hydrogens is 211 g/mol. The van der Waals surface area contributed by atoms with Crippen molar-refractivity contribution in [3.8, 4) is 0 Å². The zero-order valence-corrected chi connectivity index (χ0v) is 8.81. The zero-order chi connectivity index (χ0) is 12.2. The third-order valence-electron chi connectivity index (χ3n) is 2.20. The highest BCUT2D eigenvalue weighted by Gasteiger charge is 2.40. The minimum atomic E-state index is -4.94. The van der Waals surface area contributed by atoms with Crippen LogP contribution in [0.15, 0.2) is 0 Å². The molecule has 0 radical (unpaired) electrons. The SMILES string of the molecule is CC[C@H](C)[C@H](NC(=O)C(F)(F)F)C(C)=O. The minimum Gasteiger partial charge on any atom is -0.338 e. The highest BCUT2D eigenvalue weighted by Crippen LogP contribution is 2.16. The molecule has 0 aromatic rings. The second-order valence-corrected chi connectivity index (χ2v) is 3.45. The number of nitrogens with one attached hydrogen (secondary N) is 1. The lowest BCUT2D eigenvalue weighted by atomic mass is 9.96. The van der Waals surface area contributed by atoms with Crippen LogP contribution in [0.1, 0.15) is 27.2 Å². The lowest BCUT2D eigenvalue weighted by Crippen LogP contribution is -2.49. The van der Waals surface area contributed by atoms with Crippen LogP contribution in [0, 0.1) is 5.92 Å². The van der Waals surface area contributed by atoms with E-state index in [4.69, 9.17) is 0 Å². The molecule has 0 saturated heterocycles. The van der Waals surface area contributed by atoms with Crippen molar-refractivity contribution in [2.75, 3.05) is 0 Å². The van der Waals surface area contributed by atoms with Gasteiger partial charge in [-0.05, 0) is 12.8 Å². The molecule has 3 nitrogen and oxygen atoms in total. The molecule has 0 aliphatic rings. The smallest absolute Gasteiger partial charge is 0.338 e. The number of rotatable bonds is 4. The maximum Gasteiger partial charge on any atom is 0.471 e. The standard InChI is InChI=1S/C9H14F3NO2/c1-4-5(2)7(6(3)14)13-8(15)9(10,11)12/h5,7H,4H2,1-3H3,(H,13,15)/t5-,7-/m0/s1. The molecule has 15 heavy (non-hydrogen) atoms. The van der Waals surface area contributed by atoms with Gasteiger partial charge in [-0.2, -0.15) is 13.2 Å². The number of hydrogen-bond donors (Lipinski definition) is 1. The number of ketones is 1. The first-order valence-electron chi connectivity index (χ1n) is 4.58. The van der Waals surface area contributed by atoms with Gasteiger partial charge in [0.25, 0.3) is 0 Å². The van der Waals surface area contributed by atoms with Gasteiger partial charge in [-0.1, -0.05) is 20.3 Å². The molecule has 0 bridgehead atoms. The van der Waals surface area contributed by atoms with Crippen LogP contribution in [0.2, 0.25) is 0 Å². The Morgan fingerprint density at radius 1 is 1.33 bits per heavy atom. The molecule has 0 fully saturated rings. The van der Waals surface area contributed by atoms with Gasteiger partial charge in [0, 0.05) is 0 Å². The predicted molar refractivity (Wildman–Crippen MR) is 48.1 cm³/mol. The number of carbonyl (C=O) groups excluding carboxylic acids is 2. The van der Waals surface area contributed by atoms with E-state index in [0.29, 0.717) is 6.42 Å². The fourth-order valence-corrected chi connectivity index (χ4v) is 1.10. The lowest BCUT2D eigenvalue weighted by molar-refractivity contribution is -0.175. The Morgan fingerprint density at radius 3 is 2.07 bits per heavy atom. The van der Waals surface area contributed by atoms with Gasteiger partial charge in [0.2, 0.25) is 0 Å². The summed E-state index contributed by atoms with van der Waals surface area (Å²) >= 11 is 0. The summed E-state index contributed by atoms with van der Waals surface area (Å²) in [6.07, 6.45) is -4.43. The van der Waals surface area contributed by atoms with Crippen molar-refractivity contribution in [1.29, 1.82) is 0 Å². The van der Waals surface area contributed by atoms with Crippen molar-refractivity contribution in [3.63, 3.8) is 0 Å². The molecule has 0 heterocycles. The Kier molecular flexibility index (Phi) is 4.77. The lowest BCUT2D eigenvalue weighted by Gasteiger charge is -2.22. The minimum absolute atomic E-state index is 0.311. The average molecular weight is 225 g/mol. The van der Waals surface area contributed by atoms with Gasteiger partial charge in [-0.15, -0.1) is 0 Å². The molecule has 0 spiro atoms. The van der Waals surface area contributed by atoms with Crippen LogP contribution in [-0.2, 0) is 9.59 Å². The van der Waals surface area contributed by atoms with Gasteiger partial charge in [0.1, 0.15) is 0 Å². The average Bonchev–Trinajstić information content (AvgIpc) is 2.10. The third-order valence-corrected chi connectivity index (χ3v) is 2.20. The topological polar surface area (TPSA) is 46.2 Å². The molecule has 0 unspecified atom stereocenters. The number of amides is 1. The largest absolute Gasteiger partial charge is 0.471 e. The van der Waals surface area contributed by atoms with E-state index in [0.717, 1.165) is 6.92 Å². The molecule has 1 amide bonds. The van der Waals surface area contributed by atoms with Crippen LogP contribution < -0.4 is 5.32 Å². The molecule has 1 N–H and O–H groups in total. The molecule has 6 heteroatoms. The maximum atomic E-state index is 11.9. The van der Waals surface area contributed by atoms with Gasteiger partial charge in [0.15, 0.2) is 5.78 Å². The van der Waals surface area contributed by atoms with Crippen molar-refractivity contribution in [2.45, 2.75) is 39.4 Å². The first-order valence-corrected chi connectivity index (χ1v) is 4.58. The van der Waals surface area contributed by atoms with Crippen molar-refractivity contribution in [2.24, 2.45) is 5.92 Å². The number of carbonyl (C=O) groups is 2. The van der Waals surface area contributed by atoms with Crippen molar-refractivity contribution >= 4 is 11.7 Å². The van der Waals surface area contributed by atoms with Crippen LogP contribution in [0.4, 0.5) is 13.2 Å². The Labute approximate surface area is 86.0 Å². The summed E-state index contributed by atoms with van der Waals surface area (Å²) in [5.74, 6) is -2.85. The van der Waals surface area contributed by atoms with Gasteiger partial charge in [0.05, 0.1) is 6.04 Å². The highest BCUT2D eigenvalue weighted by atomic mass is 19.4. The quantitative estimate of drug-likeness (QED) is 0.791. The normalized spacial score (nSPS) is 15.6. The Morgan fingerprint density at radius 2 is 1.80 bits per heavy atom. The van der Waals surface area contributed by atoms with E-state index in [9.17, 15) is 22.8 Å². The van der Waals surface area contributed by atoms with Crippen LogP contribution >= 0.6 is 0 Å². The predicted octanol–water partition coefficient (Wildman–Crippen LogP) is 1.67. The summed E-state index contributed by atoms with van der Waals surface area (Å²) in [7, 11) is 0. The van der Waals surface area contributed by atoms with E-state index in [1.54, 1.807) is 19.2 Å².